The average molecular weight is 389 g/mol. The molecule has 0 radical (unpaired) electrons. The Balaban J connectivity index is 2.36. The predicted octanol–water partition coefficient (Wildman–Crippen LogP) is 4.20. The van der Waals surface area contributed by atoms with E-state index in [9.17, 15) is 22.8 Å². The van der Waals surface area contributed by atoms with Gasteiger partial charge in [-0.2, -0.15) is 13.2 Å². The number of esters is 1. The second-order valence-corrected chi connectivity index (χ2v) is 7.91. The van der Waals surface area contributed by atoms with Gasteiger partial charge < -0.3 is 9.64 Å². The highest BCUT2D eigenvalue weighted by Crippen LogP contribution is 2.36. The van der Waals surface area contributed by atoms with Crippen molar-refractivity contribution in [3.05, 3.63) is 35.4 Å². The molecule has 1 aromatic carbocycles. The molecule has 1 aromatic rings. The maximum atomic E-state index is 13.0. The number of rotatable bonds is 4. The molecule has 1 fully saturated rings. The fraction of sp³-hybridized carbons (Fsp3) is 0.556. The predicted molar refractivity (Wildman–Crippen MR) is 93.7 cm³/mol. The third-order valence-corrected chi connectivity index (χ3v) is 5.52. The van der Waals surface area contributed by atoms with E-state index in [1.54, 1.807) is 13.8 Å². The molecule has 4 nitrogen and oxygen atoms in total. The van der Waals surface area contributed by atoms with Crippen LogP contribution in [0.4, 0.5) is 13.2 Å². The molecule has 26 heavy (non-hydrogen) atoms. The minimum absolute atomic E-state index is 0.0339. The molecule has 0 bridgehead atoms. The third-order valence-electron chi connectivity index (χ3n) is 3.90. The minimum Gasteiger partial charge on any atom is -0.461 e. The van der Waals surface area contributed by atoms with Crippen molar-refractivity contribution in [2.75, 3.05) is 5.75 Å². The number of carbonyl (C=O) groups is 2. The summed E-state index contributed by atoms with van der Waals surface area (Å²) in [7, 11) is 0. The van der Waals surface area contributed by atoms with E-state index in [1.165, 1.54) is 28.8 Å². The van der Waals surface area contributed by atoms with Gasteiger partial charge in [0.15, 0.2) is 0 Å². The molecule has 8 heteroatoms. The lowest BCUT2D eigenvalue weighted by Crippen LogP contribution is -2.48. The molecule has 0 aliphatic carbocycles. The van der Waals surface area contributed by atoms with Gasteiger partial charge >= 0.3 is 12.1 Å². The van der Waals surface area contributed by atoms with Crippen molar-refractivity contribution in [1.29, 1.82) is 0 Å². The van der Waals surface area contributed by atoms with E-state index in [-0.39, 0.29) is 23.0 Å². The number of thioether (sulfide) groups is 1. The van der Waals surface area contributed by atoms with Crippen LogP contribution in [0.2, 0.25) is 0 Å². The number of alkyl halides is 3. The number of amides is 1. The van der Waals surface area contributed by atoms with Crippen molar-refractivity contribution in [3.8, 4) is 0 Å². The average Bonchev–Trinajstić information content (AvgIpc) is 2.98. The van der Waals surface area contributed by atoms with Gasteiger partial charge in [0.2, 0.25) is 0 Å². The van der Waals surface area contributed by atoms with Crippen molar-refractivity contribution < 1.29 is 27.5 Å². The number of hydrogen-bond donors (Lipinski definition) is 0. The summed E-state index contributed by atoms with van der Waals surface area (Å²) < 4.78 is 44.1. The zero-order chi connectivity index (χ0) is 19.6. The first-order chi connectivity index (χ1) is 12.0. The molecular weight excluding hydrogens is 367 g/mol. The van der Waals surface area contributed by atoms with Gasteiger partial charge in [0.1, 0.15) is 6.04 Å². The van der Waals surface area contributed by atoms with Crippen LogP contribution in [0.15, 0.2) is 24.3 Å². The Morgan fingerprint density at radius 3 is 2.42 bits per heavy atom. The van der Waals surface area contributed by atoms with Gasteiger partial charge in [-0.25, -0.2) is 4.79 Å². The molecule has 0 spiro atoms. The summed E-state index contributed by atoms with van der Waals surface area (Å²) in [6.07, 6.45) is -4.88. The molecule has 0 N–H and O–H groups in total. The molecule has 0 aromatic heterocycles. The third kappa shape index (κ3) is 4.52. The Hall–Kier alpha value is -1.70. The number of nitrogens with zero attached hydrogens (tertiary/aromatic N) is 1. The fourth-order valence-corrected chi connectivity index (χ4v) is 4.23. The molecule has 1 saturated heterocycles. The first-order valence-electron chi connectivity index (χ1n) is 8.34. The van der Waals surface area contributed by atoms with E-state index in [0.29, 0.717) is 5.75 Å². The van der Waals surface area contributed by atoms with Crippen molar-refractivity contribution in [1.82, 2.24) is 4.90 Å². The van der Waals surface area contributed by atoms with Crippen molar-refractivity contribution in [2.24, 2.45) is 5.92 Å². The summed E-state index contributed by atoms with van der Waals surface area (Å²) in [5, 5.41) is -0.304. The smallest absolute Gasteiger partial charge is 0.416 e. The molecule has 2 atom stereocenters. The molecule has 2 rings (SSSR count). The largest absolute Gasteiger partial charge is 0.461 e. The zero-order valence-electron chi connectivity index (χ0n) is 15.0. The van der Waals surface area contributed by atoms with Gasteiger partial charge in [0, 0.05) is 11.3 Å². The van der Waals surface area contributed by atoms with Crippen LogP contribution in [-0.4, -0.2) is 40.0 Å². The molecule has 0 saturated carbocycles. The summed E-state index contributed by atoms with van der Waals surface area (Å²) in [5.41, 5.74) is -0.979. The Labute approximate surface area is 155 Å². The fourth-order valence-electron chi connectivity index (χ4n) is 2.77. The van der Waals surface area contributed by atoms with Crippen molar-refractivity contribution in [2.45, 2.75) is 51.4 Å². The van der Waals surface area contributed by atoms with Crippen LogP contribution in [0.5, 0.6) is 0 Å². The highest BCUT2D eigenvalue weighted by molar-refractivity contribution is 8.00. The van der Waals surface area contributed by atoms with Crippen LogP contribution in [-0.2, 0) is 15.7 Å². The second kappa shape index (κ2) is 7.90. The first kappa shape index (κ1) is 20.6. The van der Waals surface area contributed by atoms with Gasteiger partial charge in [-0.1, -0.05) is 19.9 Å². The quantitative estimate of drug-likeness (QED) is 0.725. The Morgan fingerprint density at radius 1 is 1.23 bits per heavy atom. The highest BCUT2D eigenvalue weighted by Gasteiger charge is 2.44. The Kier molecular flexibility index (Phi) is 6.26. The monoisotopic (exact) mass is 389 g/mol. The van der Waals surface area contributed by atoms with E-state index >= 15 is 0 Å². The van der Waals surface area contributed by atoms with E-state index in [1.807, 2.05) is 13.8 Å². The maximum Gasteiger partial charge on any atom is 0.416 e. The van der Waals surface area contributed by atoms with Crippen molar-refractivity contribution in [3.63, 3.8) is 0 Å². The lowest BCUT2D eigenvalue weighted by molar-refractivity contribution is -0.152. The molecule has 1 aliphatic rings. The zero-order valence-corrected chi connectivity index (χ0v) is 15.9. The lowest BCUT2D eigenvalue weighted by atomic mass is 10.1. The van der Waals surface area contributed by atoms with E-state index in [0.717, 1.165) is 12.1 Å². The SMILES string of the molecule is CC(C)OC(=O)C1CSC(C(C)C)N1C(=O)c1cccc(C(F)(F)F)c1. The summed E-state index contributed by atoms with van der Waals surface area (Å²) in [4.78, 5) is 26.7. The van der Waals surface area contributed by atoms with Crippen LogP contribution < -0.4 is 0 Å². The molecular formula is C18H22F3NO3S. The molecule has 144 valence electrons. The number of halogens is 3. The van der Waals surface area contributed by atoms with Gasteiger partial charge in [-0.05, 0) is 38.0 Å². The van der Waals surface area contributed by atoms with Gasteiger partial charge in [-0.15, -0.1) is 11.8 Å². The van der Waals surface area contributed by atoms with Crippen LogP contribution in [0.3, 0.4) is 0 Å². The maximum absolute atomic E-state index is 13.0. The number of carbonyl (C=O) groups excluding carboxylic acids is 2. The van der Waals surface area contributed by atoms with Crippen LogP contribution >= 0.6 is 11.8 Å². The van der Waals surface area contributed by atoms with Crippen LogP contribution in [0.25, 0.3) is 0 Å². The number of ether oxygens (including phenoxy) is 1. The molecule has 1 amide bonds. The minimum atomic E-state index is -4.54. The molecule has 1 aliphatic heterocycles. The van der Waals surface area contributed by atoms with Crippen LogP contribution in [0.1, 0.15) is 43.6 Å². The normalized spacial score (nSPS) is 20.7. The van der Waals surface area contributed by atoms with E-state index in [4.69, 9.17) is 4.74 Å². The molecule has 2 unspecified atom stereocenters. The summed E-state index contributed by atoms with van der Waals surface area (Å²) >= 11 is 1.44. The molecule has 1 heterocycles. The van der Waals surface area contributed by atoms with Gasteiger partial charge in [0.25, 0.3) is 5.91 Å². The number of hydrogen-bond acceptors (Lipinski definition) is 4. The lowest BCUT2D eigenvalue weighted by Gasteiger charge is -2.31. The summed E-state index contributed by atoms with van der Waals surface area (Å²) in [5.74, 6) is -0.730. The van der Waals surface area contributed by atoms with E-state index < -0.39 is 29.7 Å². The Morgan fingerprint density at radius 2 is 1.88 bits per heavy atom. The summed E-state index contributed by atoms with van der Waals surface area (Å²) in [6.45, 7) is 7.22. The first-order valence-corrected chi connectivity index (χ1v) is 9.39. The Bertz CT molecular complexity index is 676. The second-order valence-electron chi connectivity index (χ2n) is 6.76. The highest BCUT2D eigenvalue weighted by atomic mass is 32.2. The standard InChI is InChI=1S/C18H22F3NO3S/c1-10(2)16-22(14(9-26-16)17(24)25-11(3)4)15(23)12-6-5-7-13(8-12)18(19,20)21/h5-8,10-11,14,16H,9H2,1-4H3. The van der Waals surface area contributed by atoms with Gasteiger partial charge in [0.05, 0.1) is 17.0 Å². The van der Waals surface area contributed by atoms with Crippen LogP contribution in [0, 0.1) is 5.92 Å². The van der Waals surface area contributed by atoms with Gasteiger partial charge in [-0.3, -0.25) is 4.79 Å². The van der Waals surface area contributed by atoms with Crippen molar-refractivity contribution >= 4 is 23.6 Å². The van der Waals surface area contributed by atoms with E-state index in [2.05, 4.69) is 0 Å². The number of benzene rings is 1. The topological polar surface area (TPSA) is 46.6 Å². The summed E-state index contributed by atoms with van der Waals surface area (Å²) in [6, 6.07) is 3.47.